The summed E-state index contributed by atoms with van der Waals surface area (Å²) in [5, 5.41) is 8.12. The lowest BCUT2D eigenvalue weighted by Crippen LogP contribution is -2.25. The van der Waals surface area contributed by atoms with E-state index in [4.69, 9.17) is 4.42 Å². The van der Waals surface area contributed by atoms with Crippen LogP contribution in [0.2, 0.25) is 0 Å². The Kier molecular flexibility index (Phi) is 6.08. The second-order valence-electron chi connectivity index (χ2n) is 5.01. The van der Waals surface area contributed by atoms with Crippen molar-refractivity contribution in [2.75, 3.05) is 6.54 Å². The molecular weight excluding hydrogens is 398 g/mol. The van der Waals surface area contributed by atoms with E-state index < -0.39 is 0 Å². The standard InChI is InChI=1S/C15H21Br2N3O/c1-4-8-18-11(13-6-7-14(16)21-13)9-12-15(17)10(3)19-20(12)5-2/h6-7,11,18H,4-5,8-9H2,1-3H3. The van der Waals surface area contributed by atoms with Gasteiger partial charge in [0.15, 0.2) is 4.67 Å². The Morgan fingerprint density at radius 2 is 2.10 bits per heavy atom. The minimum Gasteiger partial charge on any atom is -0.453 e. The number of halogens is 2. The summed E-state index contributed by atoms with van der Waals surface area (Å²) < 4.78 is 9.66. The highest BCUT2D eigenvalue weighted by molar-refractivity contribution is 9.10. The molecular formula is C15H21Br2N3O. The molecule has 6 heteroatoms. The molecule has 4 nitrogen and oxygen atoms in total. The molecule has 2 aromatic heterocycles. The van der Waals surface area contributed by atoms with Gasteiger partial charge in [0, 0.05) is 13.0 Å². The van der Waals surface area contributed by atoms with Gasteiger partial charge in [0.2, 0.25) is 0 Å². The first-order valence-electron chi connectivity index (χ1n) is 7.27. The average Bonchev–Trinajstić information content (AvgIpc) is 3.01. The zero-order valence-electron chi connectivity index (χ0n) is 12.6. The summed E-state index contributed by atoms with van der Waals surface area (Å²) in [5.41, 5.74) is 2.23. The SMILES string of the molecule is CCCNC(Cc1c(Br)c(C)nn1CC)c1ccc(Br)o1. The van der Waals surface area contributed by atoms with Crippen LogP contribution in [0.15, 0.2) is 25.7 Å². The predicted molar refractivity (Wildman–Crippen MR) is 91.5 cm³/mol. The van der Waals surface area contributed by atoms with Gasteiger partial charge in [-0.15, -0.1) is 0 Å². The van der Waals surface area contributed by atoms with Crippen molar-refractivity contribution in [3.8, 4) is 0 Å². The van der Waals surface area contributed by atoms with Crippen LogP contribution in [-0.2, 0) is 13.0 Å². The molecule has 0 saturated heterocycles. The van der Waals surface area contributed by atoms with Gasteiger partial charge in [-0.3, -0.25) is 4.68 Å². The smallest absolute Gasteiger partial charge is 0.169 e. The van der Waals surface area contributed by atoms with E-state index in [9.17, 15) is 0 Å². The third-order valence-corrected chi connectivity index (χ3v) is 4.89. The second-order valence-corrected chi connectivity index (χ2v) is 6.59. The minimum atomic E-state index is 0.147. The molecule has 0 bridgehead atoms. The number of furan rings is 1. The minimum absolute atomic E-state index is 0.147. The number of nitrogens with one attached hydrogen (secondary N) is 1. The second kappa shape index (κ2) is 7.61. The molecule has 0 amide bonds. The van der Waals surface area contributed by atoms with Crippen LogP contribution in [0.3, 0.4) is 0 Å². The van der Waals surface area contributed by atoms with Crippen LogP contribution in [0.4, 0.5) is 0 Å². The molecule has 0 aliphatic rings. The van der Waals surface area contributed by atoms with E-state index in [1.807, 2.05) is 19.1 Å². The van der Waals surface area contributed by atoms with Gasteiger partial charge in [0.25, 0.3) is 0 Å². The monoisotopic (exact) mass is 417 g/mol. The zero-order chi connectivity index (χ0) is 15.4. The molecule has 0 aromatic carbocycles. The topological polar surface area (TPSA) is 43.0 Å². The van der Waals surface area contributed by atoms with E-state index in [1.165, 1.54) is 5.69 Å². The maximum Gasteiger partial charge on any atom is 0.169 e. The number of hydrogen-bond acceptors (Lipinski definition) is 3. The van der Waals surface area contributed by atoms with E-state index in [0.29, 0.717) is 0 Å². The van der Waals surface area contributed by atoms with Crippen LogP contribution in [-0.4, -0.2) is 16.3 Å². The number of aryl methyl sites for hydroxylation is 2. The highest BCUT2D eigenvalue weighted by Gasteiger charge is 2.21. The van der Waals surface area contributed by atoms with Gasteiger partial charge in [0.05, 0.1) is 21.9 Å². The summed E-state index contributed by atoms with van der Waals surface area (Å²) >= 11 is 7.04. The van der Waals surface area contributed by atoms with Gasteiger partial charge >= 0.3 is 0 Å². The van der Waals surface area contributed by atoms with Crippen LogP contribution in [0, 0.1) is 6.92 Å². The Balaban J connectivity index is 2.26. The third kappa shape index (κ3) is 3.99. The lowest BCUT2D eigenvalue weighted by Gasteiger charge is -2.17. The van der Waals surface area contributed by atoms with Crippen molar-refractivity contribution in [3.63, 3.8) is 0 Å². The Bertz CT molecular complexity index is 592. The maximum absolute atomic E-state index is 5.74. The molecule has 0 saturated carbocycles. The van der Waals surface area contributed by atoms with E-state index in [2.05, 4.69) is 60.8 Å². The van der Waals surface area contributed by atoms with Crippen molar-refractivity contribution >= 4 is 31.9 Å². The quantitative estimate of drug-likeness (QED) is 0.713. The van der Waals surface area contributed by atoms with Crippen LogP contribution in [0.1, 0.15) is 43.5 Å². The normalized spacial score (nSPS) is 12.8. The molecule has 2 aromatic rings. The summed E-state index contributed by atoms with van der Waals surface area (Å²) in [6.07, 6.45) is 1.93. The first-order chi connectivity index (χ1) is 10.1. The summed E-state index contributed by atoms with van der Waals surface area (Å²) in [7, 11) is 0. The lowest BCUT2D eigenvalue weighted by atomic mass is 10.1. The van der Waals surface area contributed by atoms with E-state index in [1.54, 1.807) is 0 Å². The van der Waals surface area contributed by atoms with Crippen LogP contribution in [0.5, 0.6) is 0 Å². The Morgan fingerprint density at radius 1 is 1.33 bits per heavy atom. The Labute approximate surface area is 142 Å². The third-order valence-electron chi connectivity index (χ3n) is 3.43. The number of aromatic nitrogens is 2. The molecule has 0 aliphatic carbocycles. The zero-order valence-corrected chi connectivity index (χ0v) is 15.8. The highest BCUT2D eigenvalue weighted by atomic mass is 79.9. The maximum atomic E-state index is 5.74. The molecule has 2 rings (SSSR count). The lowest BCUT2D eigenvalue weighted by molar-refractivity contribution is 0.393. The summed E-state index contributed by atoms with van der Waals surface area (Å²) in [6.45, 7) is 8.13. The molecule has 0 radical (unpaired) electrons. The van der Waals surface area contributed by atoms with Crippen molar-refractivity contribution in [1.29, 1.82) is 0 Å². The van der Waals surface area contributed by atoms with Crippen molar-refractivity contribution in [2.24, 2.45) is 0 Å². The number of rotatable bonds is 7. The summed E-state index contributed by atoms with van der Waals surface area (Å²) in [4.78, 5) is 0. The fourth-order valence-corrected chi connectivity index (χ4v) is 3.13. The molecule has 0 fully saturated rings. The van der Waals surface area contributed by atoms with Gasteiger partial charge < -0.3 is 9.73 Å². The van der Waals surface area contributed by atoms with Crippen LogP contribution in [0.25, 0.3) is 0 Å². The van der Waals surface area contributed by atoms with Gasteiger partial charge in [0.1, 0.15) is 5.76 Å². The van der Waals surface area contributed by atoms with Gasteiger partial charge in [-0.05, 0) is 70.8 Å². The van der Waals surface area contributed by atoms with Crippen molar-refractivity contribution < 1.29 is 4.42 Å². The largest absolute Gasteiger partial charge is 0.453 e. The molecule has 2 heterocycles. The van der Waals surface area contributed by atoms with Gasteiger partial charge in [-0.1, -0.05) is 6.92 Å². The van der Waals surface area contributed by atoms with E-state index >= 15 is 0 Å². The van der Waals surface area contributed by atoms with Crippen LogP contribution < -0.4 is 5.32 Å². The molecule has 0 aliphatic heterocycles. The summed E-state index contributed by atoms with van der Waals surface area (Å²) in [5.74, 6) is 0.948. The number of nitrogens with zero attached hydrogens (tertiary/aromatic N) is 2. The Morgan fingerprint density at radius 3 is 2.67 bits per heavy atom. The molecule has 21 heavy (non-hydrogen) atoms. The van der Waals surface area contributed by atoms with Crippen molar-refractivity contribution in [1.82, 2.24) is 15.1 Å². The first-order valence-corrected chi connectivity index (χ1v) is 8.85. The van der Waals surface area contributed by atoms with Crippen LogP contribution >= 0.6 is 31.9 Å². The molecule has 0 spiro atoms. The fourth-order valence-electron chi connectivity index (χ4n) is 2.36. The van der Waals surface area contributed by atoms with Crippen molar-refractivity contribution in [3.05, 3.63) is 38.4 Å². The Hall–Kier alpha value is -0.590. The summed E-state index contributed by atoms with van der Waals surface area (Å²) in [6, 6.07) is 4.10. The fraction of sp³-hybridized carbons (Fsp3) is 0.533. The average molecular weight is 419 g/mol. The van der Waals surface area contributed by atoms with E-state index in [0.717, 1.165) is 46.5 Å². The first kappa shape index (κ1) is 16.8. The molecule has 116 valence electrons. The highest BCUT2D eigenvalue weighted by Crippen LogP contribution is 2.28. The van der Waals surface area contributed by atoms with Crippen molar-refractivity contribution in [2.45, 2.75) is 46.2 Å². The molecule has 1 N–H and O–H groups in total. The number of hydrogen-bond donors (Lipinski definition) is 1. The molecule has 1 unspecified atom stereocenters. The van der Waals surface area contributed by atoms with Gasteiger partial charge in [-0.2, -0.15) is 5.10 Å². The molecule has 1 atom stereocenters. The van der Waals surface area contributed by atoms with Gasteiger partial charge in [-0.25, -0.2) is 0 Å². The van der Waals surface area contributed by atoms with E-state index in [-0.39, 0.29) is 6.04 Å². The predicted octanol–water partition coefficient (Wildman–Crippen LogP) is 4.61.